The zero-order valence-corrected chi connectivity index (χ0v) is 27.0. The molecule has 8 nitrogen and oxygen atoms in total. The molecule has 0 aromatic heterocycles. The molecular weight excluding hydrogens is 559 g/mol. The van der Waals surface area contributed by atoms with Crippen molar-refractivity contribution in [1.82, 2.24) is 10.2 Å². The summed E-state index contributed by atoms with van der Waals surface area (Å²) in [5.74, 6) is 1.49. The van der Waals surface area contributed by atoms with Crippen LogP contribution >= 0.6 is 20.4 Å². The van der Waals surface area contributed by atoms with Crippen LogP contribution in [0.3, 0.4) is 0 Å². The molecule has 0 aliphatic carbocycles. The number of methoxy groups -OCH3 is 1. The maximum absolute atomic E-state index is 12.0. The van der Waals surface area contributed by atoms with E-state index < -0.39 is 20.8 Å². The summed E-state index contributed by atoms with van der Waals surface area (Å²) in [7, 11) is -0.619. The number of ether oxygens (including phenoxy) is 2. The van der Waals surface area contributed by atoms with Gasteiger partial charge in [-0.05, 0) is 29.5 Å². The lowest BCUT2D eigenvalue weighted by atomic mass is 10.0. The van der Waals surface area contributed by atoms with Gasteiger partial charge in [-0.2, -0.15) is 0 Å². The van der Waals surface area contributed by atoms with Gasteiger partial charge in [0.2, 0.25) is 0 Å². The molecule has 2 atom stereocenters. The van der Waals surface area contributed by atoms with Crippen LogP contribution in [-0.4, -0.2) is 54.7 Å². The van der Waals surface area contributed by atoms with Crippen molar-refractivity contribution in [3.63, 3.8) is 0 Å². The van der Waals surface area contributed by atoms with Crippen molar-refractivity contribution in [2.75, 3.05) is 32.7 Å². The number of nitrogens with zero attached hydrogens (tertiary/aromatic N) is 1. The van der Waals surface area contributed by atoms with Crippen LogP contribution in [-0.2, 0) is 20.5 Å². The van der Waals surface area contributed by atoms with E-state index in [1.807, 2.05) is 24.3 Å². The van der Waals surface area contributed by atoms with Crippen molar-refractivity contribution >= 4 is 26.5 Å². The maximum Gasteiger partial charge on any atom is 0.407 e. The third-order valence-corrected chi connectivity index (χ3v) is 8.54. The van der Waals surface area contributed by atoms with Crippen LogP contribution in [0.15, 0.2) is 35.9 Å². The van der Waals surface area contributed by atoms with Crippen molar-refractivity contribution < 1.29 is 28.2 Å². The number of amides is 1. The van der Waals surface area contributed by atoms with Crippen LogP contribution in [0.25, 0.3) is 0 Å². The Kier molecular flexibility index (Phi) is 20.9. The van der Waals surface area contributed by atoms with Gasteiger partial charge in [-0.25, -0.2) is 4.79 Å². The molecule has 234 valence electrons. The fraction of sp³-hybridized carbons (Fsp3) is 0.710. The number of rotatable bonds is 25. The minimum Gasteiger partial charge on any atom is -0.447 e. The highest BCUT2D eigenvalue weighted by molar-refractivity contribution is 8.02. The number of nitrogens with one attached hydrogen (secondary N) is 1. The van der Waals surface area contributed by atoms with E-state index in [0.717, 1.165) is 30.8 Å². The lowest BCUT2D eigenvalue weighted by molar-refractivity contribution is 0.00598. The maximum atomic E-state index is 12.0. The summed E-state index contributed by atoms with van der Waals surface area (Å²) in [6.07, 6.45) is 19.4. The molecule has 0 spiro atoms. The van der Waals surface area contributed by atoms with Gasteiger partial charge in [0.15, 0.2) is 0 Å². The predicted octanol–water partition coefficient (Wildman–Crippen LogP) is 8.50. The highest BCUT2D eigenvalue weighted by Crippen LogP contribution is 2.35. The molecule has 0 bridgehead atoms. The standard InChI is InChI=1S/C31H53N2O6PS/c1-3-4-5-6-7-8-9-10-11-12-13-14-15-16-21-32-31(34)37-25-30(36-2)26-38-40(35)39-29-19-17-28(18-20-29)24-33-22-23-41-27-33/h17-20,22-23,30,35H,3-16,21,24-27H2,1-2H3,(H,32,34). The largest absolute Gasteiger partial charge is 0.447 e. The molecule has 1 aliphatic rings. The van der Waals surface area contributed by atoms with E-state index in [4.69, 9.17) is 18.5 Å². The summed E-state index contributed by atoms with van der Waals surface area (Å²) in [4.78, 5) is 24.4. The SMILES string of the molecule is CCCCCCCCCCCCCCCCNC(=O)OCC(COP(O)Oc1ccc(CN2C=CSC2)cc1)OC. The van der Waals surface area contributed by atoms with Gasteiger partial charge < -0.3 is 29.1 Å². The number of alkyl carbamates (subject to hydrolysis) is 1. The molecule has 1 aromatic carbocycles. The van der Waals surface area contributed by atoms with Crippen molar-refractivity contribution in [3.8, 4) is 5.75 Å². The lowest BCUT2D eigenvalue weighted by Crippen LogP contribution is -2.31. The Labute approximate surface area is 253 Å². The lowest BCUT2D eigenvalue weighted by Gasteiger charge is -2.18. The number of thioether (sulfide) groups is 1. The van der Waals surface area contributed by atoms with Crippen molar-refractivity contribution in [2.24, 2.45) is 0 Å². The first-order valence-corrected chi connectivity index (χ1v) is 17.6. The van der Waals surface area contributed by atoms with E-state index in [1.165, 1.54) is 84.2 Å². The van der Waals surface area contributed by atoms with E-state index >= 15 is 0 Å². The zero-order chi connectivity index (χ0) is 29.4. The smallest absolute Gasteiger partial charge is 0.407 e. The van der Waals surface area contributed by atoms with E-state index in [1.54, 1.807) is 11.8 Å². The molecule has 1 amide bonds. The van der Waals surface area contributed by atoms with Crippen LogP contribution in [0, 0.1) is 0 Å². The summed E-state index contributed by atoms with van der Waals surface area (Å²) in [6.45, 7) is 3.77. The molecule has 2 rings (SSSR count). The Morgan fingerprint density at radius 3 is 2.12 bits per heavy atom. The first-order valence-electron chi connectivity index (χ1n) is 15.4. The van der Waals surface area contributed by atoms with Gasteiger partial charge in [0.25, 0.3) is 0 Å². The summed E-state index contributed by atoms with van der Waals surface area (Å²) < 4.78 is 21.5. The Morgan fingerprint density at radius 1 is 0.951 bits per heavy atom. The second-order valence-electron chi connectivity index (χ2n) is 10.6. The topological polar surface area (TPSA) is 89.5 Å². The number of benzene rings is 1. The number of hydrogen-bond acceptors (Lipinski definition) is 8. The molecular formula is C31H53N2O6PS. The Morgan fingerprint density at radius 2 is 1.56 bits per heavy atom. The molecule has 0 radical (unpaired) electrons. The van der Waals surface area contributed by atoms with Crippen LogP contribution in [0.5, 0.6) is 5.75 Å². The first-order chi connectivity index (χ1) is 20.1. The summed E-state index contributed by atoms with van der Waals surface area (Å²) in [5.41, 5.74) is 1.16. The Bertz CT molecular complexity index is 816. The minimum atomic E-state index is -2.13. The molecule has 1 heterocycles. The minimum absolute atomic E-state index is 0.0299. The summed E-state index contributed by atoms with van der Waals surface area (Å²) >= 11 is 1.77. The molecule has 41 heavy (non-hydrogen) atoms. The molecule has 1 aromatic rings. The summed E-state index contributed by atoms with van der Waals surface area (Å²) in [6, 6.07) is 7.57. The zero-order valence-electron chi connectivity index (χ0n) is 25.3. The number of hydrogen-bond donors (Lipinski definition) is 2. The number of carbonyl (C=O) groups excluding carboxylic acids is 1. The quantitative estimate of drug-likeness (QED) is 0.0839. The van der Waals surface area contributed by atoms with Gasteiger partial charge in [0, 0.05) is 26.4 Å². The van der Waals surface area contributed by atoms with Crippen LogP contribution < -0.4 is 9.84 Å². The van der Waals surface area contributed by atoms with Gasteiger partial charge in [-0.3, -0.25) is 4.52 Å². The molecule has 10 heteroatoms. The molecule has 2 N–H and O–H groups in total. The second-order valence-corrected chi connectivity index (χ2v) is 12.4. The first kappa shape index (κ1) is 35.7. The predicted molar refractivity (Wildman–Crippen MR) is 170 cm³/mol. The van der Waals surface area contributed by atoms with Crippen LogP contribution in [0.1, 0.15) is 102 Å². The number of carbonyl (C=O) groups is 1. The average molecular weight is 613 g/mol. The van der Waals surface area contributed by atoms with E-state index in [-0.39, 0.29) is 13.2 Å². The summed E-state index contributed by atoms with van der Waals surface area (Å²) in [5, 5.41) is 4.88. The highest BCUT2D eigenvalue weighted by atomic mass is 32.2. The third-order valence-electron chi connectivity index (χ3n) is 7.00. The number of unbranched alkanes of at least 4 members (excludes halogenated alkanes) is 13. The molecule has 2 unspecified atom stereocenters. The monoisotopic (exact) mass is 612 g/mol. The van der Waals surface area contributed by atoms with Gasteiger partial charge in [-0.15, -0.1) is 11.8 Å². The van der Waals surface area contributed by atoms with Crippen molar-refractivity contribution in [3.05, 3.63) is 41.4 Å². The van der Waals surface area contributed by atoms with Gasteiger partial charge in [0.1, 0.15) is 18.5 Å². The van der Waals surface area contributed by atoms with Gasteiger partial charge in [0.05, 0.1) is 12.5 Å². The molecule has 0 saturated carbocycles. The average Bonchev–Trinajstić information content (AvgIpc) is 3.49. The molecule has 0 fully saturated rings. The van der Waals surface area contributed by atoms with Crippen molar-refractivity contribution in [2.45, 2.75) is 109 Å². The fourth-order valence-corrected chi connectivity index (χ4v) is 5.84. The Balaban J connectivity index is 1.42. The fourth-order valence-electron chi connectivity index (χ4n) is 4.48. The van der Waals surface area contributed by atoms with E-state index in [9.17, 15) is 9.69 Å². The third kappa shape index (κ3) is 18.6. The van der Waals surface area contributed by atoms with Crippen LogP contribution in [0.4, 0.5) is 4.79 Å². The van der Waals surface area contributed by atoms with Crippen LogP contribution in [0.2, 0.25) is 0 Å². The highest BCUT2D eigenvalue weighted by Gasteiger charge is 2.17. The Hall–Kier alpha value is -1.51. The van der Waals surface area contributed by atoms with E-state index in [0.29, 0.717) is 12.3 Å². The van der Waals surface area contributed by atoms with E-state index in [2.05, 4.69) is 28.7 Å². The molecule has 1 aliphatic heterocycles. The second kappa shape index (κ2) is 24.0. The van der Waals surface area contributed by atoms with Crippen molar-refractivity contribution in [1.29, 1.82) is 0 Å². The van der Waals surface area contributed by atoms with Gasteiger partial charge >= 0.3 is 14.7 Å². The normalized spacial score (nSPS) is 14.3. The molecule has 0 saturated heterocycles. The van der Waals surface area contributed by atoms with Gasteiger partial charge in [-0.1, -0.05) is 103 Å².